The Hall–Kier alpha value is -2.52. The minimum absolute atomic E-state index is 0.103. The van der Waals surface area contributed by atoms with Crippen LogP contribution in [0.25, 0.3) is 5.69 Å². The molecule has 1 saturated heterocycles. The van der Waals surface area contributed by atoms with Crippen molar-refractivity contribution in [1.29, 1.82) is 0 Å². The van der Waals surface area contributed by atoms with Gasteiger partial charge < -0.3 is 14.5 Å². The van der Waals surface area contributed by atoms with E-state index in [1.165, 1.54) is 23.9 Å². The third-order valence-electron chi connectivity index (χ3n) is 5.30. The maximum absolute atomic E-state index is 14.6. The highest BCUT2D eigenvalue weighted by atomic mass is 35.5. The van der Waals surface area contributed by atoms with Crippen molar-refractivity contribution < 1.29 is 18.7 Å². The van der Waals surface area contributed by atoms with Gasteiger partial charge in [0, 0.05) is 43.7 Å². The Balaban J connectivity index is 1.87. The van der Waals surface area contributed by atoms with Crippen molar-refractivity contribution in [3.8, 4) is 5.69 Å². The van der Waals surface area contributed by atoms with Gasteiger partial charge in [-0.2, -0.15) is 0 Å². The molecule has 1 fully saturated rings. The summed E-state index contributed by atoms with van der Waals surface area (Å²) < 4.78 is 21.0. The average Bonchev–Trinajstić information content (AvgIpc) is 3.17. The summed E-state index contributed by atoms with van der Waals surface area (Å²) in [6.45, 7) is 8.98. The van der Waals surface area contributed by atoms with Crippen LogP contribution in [-0.2, 0) is 14.9 Å². The minimum Gasteiger partial charge on any atom is -0.372 e. The molecule has 1 aliphatic heterocycles. The third kappa shape index (κ3) is 4.72. The summed E-state index contributed by atoms with van der Waals surface area (Å²) in [7, 11) is 1.49. The van der Waals surface area contributed by atoms with Gasteiger partial charge in [-0.3, -0.25) is 9.59 Å². The minimum atomic E-state index is -0.554. The van der Waals surface area contributed by atoms with Crippen molar-refractivity contribution in [3.05, 3.63) is 40.4 Å². The molecular formula is C21H27ClFN5O3. The fourth-order valence-electron chi connectivity index (χ4n) is 3.56. The van der Waals surface area contributed by atoms with Crippen LogP contribution < -0.4 is 0 Å². The number of rotatable bonds is 4. The van der Waals surface area contributed by atoms with E-state index in [9.17, 15) is 14.0 Å². The number of piperazine rings is 1. The first-order chi connectivity index (χ1) is 14.5. The molecule has 1 atom stereocenters. The molecule has 10 heteroatoms. The molecule has 1 unspecified atom stereocenters. The van der Waals surface area contributed by atoms with Crippen molar-refractivity contribution >= 4 is 23.4 Å². The highest BCUT2D eigenvalue weighted by molar-refractivity contribution is 6.30. The molecule has 2 aromatic rings. The van der Waals surface area contributed by atoms with E-state index >= 15 is 0 Å². The highest BCUT2D eigenvalue weighted by Crippen LogP contribution is 2.29. The first-order valence-electron chi connectivity index (χ1n) is 10.1. The number of halogens is 2. The van der Waals surface area contributed by atoms with Crippen LogP contribution in [0.3, 0.4) is 0 Å². The van der Waals surface area contributed by atoms with E-state index < -0.39 is 17.3 Å². The normalized spacial score (nSPS) is 15.8. The standard InChI is InChI=1S/C21H27ClFN5O3/c1-13(31-5)19(29)26-8-10-27(11-9-26)20(30)17-18(21(2,3)4)28(25-24-17)16-7-6-14(22)12-15(16)23/h6-7,12-13H,8-11H2,1-5H3. The van der Waals surface area contributed by atoms with Crippen LogP contribution in [0.15, 0.2) is 18.2 Å². The first kappa shape index (κ1) is 23.1. The Morgan fingerprint density at radius 2 is 1.77 bits per heavy atom. The molecule has 1 aliphatic rings. The van der Waals surface area contributed by atoms with Gasteiger partial charge in [0.1, 0.15) is 17.6 Å². The van der Waals surface area contributed by atoms with E-state index in [-0.39, 0.29) is 28.2 Å². The Labute approximate surface area is 185 Å². The van der Waals surface area contributed by atoms with Crippen molar-refractivity contribution in [3.63, 3.8) is 0 Å². The van der Waals surface area contributed by atoms with Crippen LogP contribution in [0.2, 0.25) is 5.02 Å². The molecule has 2 amide bonds. The maximum atomic E-state index is 14.6. The van der Waals surface area contributed by atoms with Gasteiger partial charge in [-0.15, -0.1) is 5.10 Å². The molecule has 2 heterocycles. The molecule has 1 aromatic heterocycles. The molecule has 8 nitrogen and oxygen atoms in total. The highest BCUT2D eigenvalue weighted by Gasteiger charge is 2.34. The average molecular weight is 452 g/mol. The second-order valence-corrected chi connectivity index (χ2v) is 8.98. The zero-order chi connectivity index (χ0) is 22.9. The van der Waals surface area contributed by atoms with Crippen molar-refractivity contribution in [1.82, 2.24) is 24.8 Å². The number of benzene rings is 1. The lowest BCUT2D eigenvalue weighted by molar-refractivity contribution is -0.142. The second-order valence-electron chi connectivity index (χ2n) is 8.54. The molecule has 3 rings (SSSR count). The van der Waals surface area contributed by atoms with Crippen LogP contribution >= 0.6 is 11.6 Å². The van der Waals surface area contributed by atoms with Gasteiger partial charge in [0.2, 0.25) is 0 Å². The van der Waals surface area contributed by atoms with E-state index in [4.69, 9.17) is 16.3 Å². The monoisotopic (exact) mass is 451 g/mol. The molecule has 0 N–H and O–H groups in total. The number of hydrogen-bond acceptors (Lipinski definition) is 5. The SMILES string of the molecule is COC(C)C(=O)N1CCN(C(=O)c2nnn(-c3ccc(Cl)cc3F)c2C(C)(C)C)CC1. The Morgan fingerprint density at radius 3 is 2.32 bits per heavy atom. The number of methoxy groups -OCH3 is 1. The van der Waals surface area contributed by atoms with E-state index in [0.717, 1.165) is 0 Å². The molecule has 0 saturated carbocycles. The van der Waals surface area contributed by atoms with Gasteiger partial charge >= 0.3 is 0 Å². The number of amides is 2. The summed E-state index contributed by atoms with van der Waals surface area (Å²) in [6, 6.07) is 4.27. The number of nitrogens with zero attached hydrogens (tertiary/aromatic N) is 5. The summed E-state index contributed by atoms with van der Waals surface area (Å²) in [6.07, 6.45) is -0.524. The van der Waals surface area contributed by atoms with E-state index in [2.05, 4.69) is 10.3 Å². The second kappa shape index (κ2) is 8.92. The van der Waals surface area contributed by atoms with Gasteiger partial charge in [-0.05, 0) is 25.1 Å². The lowest BCUT2D eigenvalue weighted by Gasteiger charge is -2.35. The van der Waals surface area contributed by atoms with Gasteiger partial charge in [-0.25, -0.2) is 9.07 Å². The van der Waals surface area contributed by atoms with Crippen molar-refractivity contribution in [2.24, 2.45) is 0 Å². The fraction of sp³-hybridized carbons (Fsp3) is 0.524. The summed E-state index contributed by atoms with van der Waals surface area (Å²) in [5.74, 6) is -0.951. The van der Waals surface area contributed by atoms with Gasteiger partial charge in [0.25, 0.3) is 11.8 Å². The predicted molar refractivity (Wildman–Crippen MR) is 114 cm³/mol. The fourth-order valence-corrected chi connectivity index (χ4v) is 3.72. The Kier molecular flexibility index (Phi) is 6.66. The Bertz CT molecular complexity index is 980. The van der Waals surface area contributed by atoms with Crippen LogP contribution in [0.4, 0.5) is 4.39 Å². The van der Waals surface area contributed by atoms with Crippen LogP contribution in [0.5, 0.6) is 0 Å². The molecular weight excluding hydrogens is 425 g/mol. The number of carbonyl (C=O) groups excluding carboxylic acids is 2. The van der Waals surface area contributed by atoms with Crippen LogP contribution in [0.1, 0.15) is 43.9 Å². The lowest BCUT2D eigenvalue weighted by Crippen LogP contribution is -2.53. The van der Waals surface area contributed by atoms with Crippen LogP contribution in [0, 0.1) is 5.82 Å². The van der Waals surface area contributed by atoms with Crippen LogP contribution in [-0.4, -0.2) is 76.0 Å². The largest absolute Gasteiger partial charge is 0.372 e. The van der Waals surface area contributed by atoms with Crippen molar-refractivity contribution in [2.45, 2.75) is 39.2 Å². The molecule has 0 bridgehead atoms. The molecule has 0 radical (unpaired) electrons. The molecule has 1 aromatic carbocycles. The number of hydrogen-bond donors (Lipinski definition) is 0. The third-order valence-corrected chi connectivity index (χ3v) is 5.54. The summed E-state index contributed by atoms with van der Waals surface area (Å²) in [5.41, 5.74) is 0.314. The first-order valence-corrected chi connectivity index (χ1v) is 10.4. The zero-order valence-electron chi connectivity index (χ0n) is 18.4. The summed E-state index contributed by atoms with van der Waals surface area (Å²) >= 11 is 5.87. The Morgan fingerprint density at radius 1 is 1.16 bits per heavy atom. The smallest absolute Gasteiger partial charge is 0.276 e. The van der Waals surface area contributed by atoms with Gasteiger partial charge in [-0.1, -0.05) is 37.6 Å². The van der Waals surface area contributed by atoms with E-state index in [1.807, 2.05) is 20.8 Å². The molecule has 168 valence electrons. The number of carbonyl (C=O) groups is 2. The molecule has 0 spiro atoms. The summed E-state index contributed by atoms with van der Waals surface area (Å²) in [5, 5.41) is 8.48. The number of ether oxygens (including phenoxy) is 1. The number of aromatic nitrogens is 3. The molecule has 0 aliphatic carbocycles. The van der Waals surface area contributed by atoms with E-state index in [1.54, 1.807) is 22.8 Å². The van der Waals surface area contributed by atoms with Crippen molar-refractivity contribution in [2.75, 3.05) is 33.3 Å². The van der Waals surface area contributed by atoms with E-state index in [0.29, 0.717) is 31.9 Å². The molecule has 31 heavy (non-hydrogen) atoms. The lowest BCUT2D eigenvalue weighted by atomic mass is 9.89. The quantitative estimate of drug-likeness (QED) is 0.714. The van der Waals surface area contributed by atoms with Gasteiger partial charge in [0.15, 0.2) is 5.69 Å². The zero-order valence-corrected chi connectivity index (χ0v) is 19.1. The topological polar surface area (TPSA) is 80.6 Å². The predicted octanol–water partition coefficient (Wildman–Crippen LogP) is 2.68. The maximum Gasteiger partial charge on any atom is 0.276 e. The van der Waals surface area contributed by atoms with Gasteiger partial charge in [0.05, 0.1) is 5.69 Å². The summed E-state index contributed by atoms with van der Waals surface area (Å²) in [4.78, 5) is 28.9.